The summed E-state index contributed by atoms with van der Waals surface area (Å²) in [6.07, 6.45) is 1.00. The molecule has 0 aromatic heterocycles. The van der Waals surface area contributed by atoms with Gasteiger partial charge < -0.3 is 5.43 Å². The third kappa shape index (κ3) is 1.99. The average molecular weight is 229 g/mol. The molecule has 0 aliphatic carbocycles. The standard InChI is InChI=1S/C9H13BrN2/c1-2-8-4-3-7(6-10)5-9(8)12-11/h3-5,12H,2,6,11H2,1H3. The molecule has 0 amide bonds. The van der Waals surface area contributed by atoms with Crippen molar-refractivity contribution in [2.24, 2.45) is 5.84 Å². The van der Waals surface area contributed by atoms with Gasteiger partial charge in [0.05, 0.1) is 5.69 Å². The van der Waals surface area contributed by atoms with Crippen molar-refractivity contribution in [3.8, 4) is 0 Å². The first kappa shape index (κ1) is 9.55. The first-order valence-corrected chi connectivity index (χ1v) is 5.08. The second-order valence-electron chi connectivity index (χ2n) is 2.62. The number of aryl methyl sites for hydroxylation is 1. The van der Waals surface area contributed by atoms with Crippen LogP contribution in [-0.2, 0) is 11.8 Å². The first-order valence-electron chi connectivity index (χ1n) is 3.96. The summed E-state index contributed by atoms with van der Waals surface area (Å²) in [6.45, 7) is 2.12. The number of nitrogens with two attached hydrogens (primary N) is 1. The minimum absolute atomic E-state index is 0.867. The van der Waals surface area contributed by atoms with E-state index in [1.807, 2.05) is 0 Å². The Morgan fingerprint density at radius 2 is 2.25 bits per heavy atom. The van der Waals surface area contributed by atoms with Crippen LogP contribution in [0, 0.1) is 0 Å². The Kier molecular flexibility index (Phi) is 3.56. The number of halogens is 1. The van der Waals surface area contributed by atoms with Gasteiger partial charge in [0.25, 0.3) is 0 Å². The molecule has 0 aliphatic rings. The van der Waals surface area contributed by atoms with Crippen LogP contribution in [0.25, 0.3) is 0 Å². The Hall–Kier alpha value is -0.540. The van der Waals surface area contributed by atoms with Gasteiger partial charge in [0.15, 0.2) is 0 Å². The van der Waals surface area contributed by atoms with Crippen LogP contribution in [0.15, 0.2) is 18.2 Å². The van der Waals surface area contributed by atoms with Gasteiger partial charge in [-0.3, -0.25) is 5.84 Å². The van der Waals surface area contributed by atoms with Crippen molar-refractivity contribution in [3.63, 3.8) is 0 Å². The molecule has 3 N–H and O–H groups in total. The quantitative estimate of drug-likeness (QED) is 0.474. The van der Waals surface area contributed by atoms with Crippen molar-refractivity contribution in [2.75, 3.05) is 5.43 Å². The zero-order chi connectivity index (χ0) is 8.97. The van der Waals surface area contributed by atoms with E-state index in [9.17, 15) is 0 Å². The van der Waals surface area contributed by atoms with Gasteiger partial charge in [-0.15, -0.1) is 0 Å². The van der Waals surface area contributed by atoms with Crippen LogP contribution in [0.2, 0.25) is 0 Å². The monoisotopic (exact) mass is 228 g/mol. The molecule has 0 aliphatic heterocycles. The van der Waals surface area contributed by atoms with E-state index < -0.39 is 0 Å². The second kappa shape index (κ2) is 4.48. The first-order chi connectivity index (χ1) is 5.81. The summed E-state index contributed by atoms with van der Waals surface area (Å²) in [5.41, 5.74) is 6.21. The molecule has 1 aromatic rings. The zero-order valence-corrected chi connectivity index (χ0v) is 8.69. The number of benzene rings is 1. The summed E-state index contributed by atoms with van der Waals surface area (Å²) >= 11 is 3.40. The number of nitrogens with one attached hydrogen (secondary N) is 1. The Bertz CT molecular complexity index is 261. The maximum absolute atomic E-state index is 5.38. The van der Waals surface area contributed by atoms with E-state index in [1.165, 1.54) is 11.1 Å². The average Bonchev–Trinajstić information content (AvgIpc) is 2.16. The summed E-state index contributed by atoms with van der Waals surface area (Å²) in [4.78, 5) is 0. The van der Waals surface area contributed by atoms with Crippen molar-refractivity contribution in [1.29, 1.82) is 0 Å². The highest BCUT2D eigenvalue weighted by atomic mass is 79.9. The molecule has 0 atom stereocenters. The van der Waals surface area contributed by atoms with E-state index in [2.05, 4.69) is 46.5 Å². The lowest BCUT2D eigenvalue weighted by atomic mass is 10.1. The highest BCUT2D eigenvalue weighted by Crippen LogP contribution is 2.18. The van der Waals surface area contributed by atoms with Crippen molar-refractivity contribution < 1.29 is 0 Å². The highest BCUT2D eigenvalue weighted by Gasteiger charge is 1.99. The molecular formula is C9H13BrN2. The minimum atomic E-state index is 0.867. The Labute approximate surface area is 81.3 Å². The molecule has 12 heavy (non-hydrogen) atoms. The Morgan fingerprint density at radius 1 is 1.50 bits per heavy atom. The van der Waals surface area contributed by atoms with Crippen LogP contribution in [-0.4, -0.2) is 0 Å². The van der Waals surface area contributed by atoms with Gasteiger partial charge in [-0.1, -0.05) is 35.0 Å². The summed E-state index contributed by atoms with van der Waals surface area (Å²) in [7, 11) is 0. The highest BCUT2D eigenvalue weighted by molar-refractivity contribution is 9.08. The van der Waals surface area contributed by atoms with E-state index >= 15 is 0 Å². The fourth-order valence-corrected chi connectivity index (χ4v) is 1.50. The molecule has 0 bridgehead atoms. The van der Waals surface area contributed by atoms with Crippen LogP contribution in [0.3, 0.4) is 0 Å². The fraction of sp³-hybridized carbons (Fsp3) is 0.333. The molecule has 1 rings (SSSR count). The zero-order valence-electron chi connectivity index (χ0n) is 7.10. The van der Waals surface area contributed by atoms with E-state index in [4.69, 9.17) is 5.84 Å². The Morgan fingerprint density at radius 3 is 2.75 bits per heavy atom. The third-order valence-corrected chi connectivity index (χ3v) is 2.51. The SMILES string of the molecule is CCc1ccc(CBr)cc1NN. The fourth-order valence-electron chi connectivity index (χ4n) is 1.15. The molecule has 3 heteroatoms. The van der Waals surface area contributed by atoms with Crippen LogP contribution >= 0.6 is 15.9 Å². The summed E-state index contributed by atoms with van der Waals surface area (Å²) in [5, 5.41) is 0.867. The predicted molar refractivity (Wildman–Crippen MR) is 56.3 cm³/mol. The van der Waals surface area contributed by atoms with E-state index in [0.29, 0.717) is 0 Å². The Balaban J connectivity index is 3.02. The molecule has 0 saturated heterocycles. The number of hydrogen-bond acceptors (Lipinski definition) is 2. The molecule has 0 fully saturated rings. The topological polar surface area (TPSA) is 38.0 Å². The van der Waals surface area contributed by atoms with Crippen LogP contribution < -0.4 is 11.3 Å². The van der Waals surface area contributed by atoms with Gasteiger partial charge in [0, 0.05) is 5.33 Å². The molecule has 1 aromatic carbocycles. The lowest BCUT2D eigenvalue weighted by molar-refractivity contribution is 1.12. The second-order valence-corrected chi connectivity index (χ2v) is 3.18. The summed E-state index contributed by atoms with van der Waals surface area (Å²) in [5.74, 6) is 5.38. The van der Waals surface area contributed by atoms with Crippen molar-refractivity contribution in [2.45, 2.75) is 18.7 Å². The number of hydrazine groups is 1. The van der Waals surface area contributed by atoms with Crippen molar-refractivity contribution in [1.82, 2.24) is 0 Å². The number of nitrogen functional groups attached to an aromatic ring is 1. The molecule has 0 unspecified atom stereocenters. The molecule has 2 nitrogen and oxygen atoms in total. The van der Waals surface area contributed by atoms with E-state index in [1.54, 1.807) is 0 Å². The van der Waals surface area contributed by atoms with Gasteiger partial charge in [-0.05, 0) is 23.6 Å². The van der Waals surface area contributed by atoms with Crippen molar-refractivity contribution >= 4 is 21.6 Å². The van der Waals surface area contributed by atoms with Crippen molar-refractivity contribution in [3.05, 3.63) is 29.3 Å². The van der Waals surface area contributed by atoms with Crippen LogP contribution in [0.5, 0.6) is 0 Å². The molecule has 0 heterocycles. The maximum Gasteiger partial charge on any atom is 0.0519 e. The largest absolute Gasteiger partial charge is 0.324 e. The van der Waals surface area contributed by atoms with Gasteiger partial charge in [-0.2, -0.15) is 0 Å². The third-order valence-electron chi connectivity index (χ3n) is 1.86. The maximum atomic E-state index is 5.38. The normalized spacial score (nSPS) is 9.92. The molecule has 0 saturated carbocycles. The van der Waals surface area contributed by atoms with E-state index in [-0.39, 0.29) is 0 Å². The van der Waals surface area contributed by atoms with Crippen LogP contribution in [0.1, 0.15) is 18.1 Å². The van der Waals surface area contributed by atoms with Crippen LogP contribution in [0.4, 0.5) is 5.69 Å². The van der Waals surface area contributed by atoms with Gasteiger partial charge in [0.2, 0.25) is 0 Å². The number of hydrogen-bond donors (Lipinski definition) is 2. The number of anilines is 1. The molecule has 0 radical (unpaired) electrons. The molecule has 0 spiro atoms. The lowest BCUT2D eigenvalue weighted by Gasteiger charge is -2.07. The van der Waals surface area contributed by atoms with Gasteiger partial charge in [0.1, 0.15) is 0 Å². The predicted octanol–water partition coefficient (Wildman–Crippen LogP) is 2.43. The summed E-state index contributed by atoms with van der Waals surface area (Å²) < 4.78 is 0. The molecular weight excluding hydrogens is 216 g/mol. The summed E-state index contributed by atoms with van der Waals surface area (Å²) in [6, 6.07) is 6.27. The smallest absolute Gasteiger partial charge is 0.0519 e. The van der Waals surface area contributed by atoms with Gasteiger partial charge >= 0.3 is 0 Å². The van der Waals surface area contributed by atoms with E-state index in [0.717, 1.165) is 17.4 Å². The lowest BCUT2D eigenvalue weighted by Crippen LogP contribution is -2.09. The molecule has 66 valence electrons. The minimum Gasteiger partial charge on any atom is -0.324 e. The van der Waals surface area contributed by atoms with Gasteiger partial charge in [-0.25, -0.2) is 0 Å². The number of rotatable bonds is 3. The number of alkyl halides is 1.